The molecule has 1 aliphatic heterocycles. The molecule has 0 saturated heterocycles. The van der Waals surface area contributed by atoms with Gasteiger partial charge in [0, 0.05) is 25.7 Å². The second-order valence-electron chi connectivity index (χ2n) is 6.48. The number of allylic oxidation sites excluding steroid dienone is 3. The number of benzene rings is 1. The van der Waals surface area contributed by atoms with Crippen molar-refractivity contribution < 1.29 is 33.3 Å². The van der Waals surface area contributed by atoms with Crippen LogP contribution in [0.15, 0.2) is 36.4 Å². The Labute approximate surface area is 177 Å². The lowest BCUT2D eigenvalue weighted by atomic mass is 10.00. The van der Waals surface area contributed by atoms with Gasteiger partial charge in [-0.2, -0.15) is 0 Å². The van der Waals surface area contributed by atoms with Gasteiger partial charge in [0.2, 0.25) is 0 Å². The van der Waals surface area contributed by atoms with Crippen LogP contribution in [0.2, 0.25) is 0 Å². The molecule has 0 radical (unpaired) electrons. The van der Waals surface area contributed by atoms with E-state index in [1.807, 2.05) is 32.1 Å². The van der Waals surface area contributed by atoms with Gasteiger partial charge in [-0.05, 0) is 50.8 Å². The molecule has 2 rings (SSSR count). The van der Waals surface area contributed by atoms with Crippen LogP contribution in [0, 0.1) is 0 Å². The molecule has 0 fully saturated rings. The zero-order valence-corrected chi connectivity index (χ0v) is 17.7. The number of ketones is 1. The number of rotatable bonds is 8. The van der Waals surface area contributed by atoms with Gasteiger partial charge < -0.3 is 23.7 Å². The third-order valence-electron chi connectivity index (χ3n) is 4.23. The smallest absolute Gasteiger partial charge is 0.342 e. The van der Waals surface area contributed by atoms with E-state index in [9.17, 15) is 9.59 Å². The van der Waals surface area contributed by atoms with Gasteiger partial charge in [-0.3, -0.25) is 4.79 Å². The molecule has 1 heterocycles. The van der Waals surface area contributed by atoms with E-state index in [2.05, 4.69) is 0 Å². The molecule has 0 spiro atoms. The fourth-order valence-corrected chi connectivity index (χ4v) is 2.78. The van der Waals surface area contributed by atoms with Crippen LogP contribution in [0.5, 0.6) is 11.5 Å². The summed E-state index contributed by atoms with van der Waals surface area (Å²) >= 11 is 0. The van der Waals surface area contributed by atoms with Crippen molar-refractivity contribution in [3.63, 3.8) is 0 Å². The summed E-state index contributed by atoms with van der Waals surface area (Å²) in [5, 5.41) is 0. The normalized spacial score (nSPS) is 17.4. The minimum absolute atomic E-state index is 0.0214. The van der Waals surface area contributed by atoms with Crippen molar-refractivity contribution in [2.24, 2.45) is 0 Å². The summed E-state index contributed by atoms with van der Waals surface area (Å²) in [4.78, 5) is 25.3. The predicted octanol–water partition coefficient (Wildman–Crippen LogP) is 4.00. The average molecular weight is 418 g/mol. The first-order valence-corrected chi connectivity index (χ1v) is 10.2. The van der Waals surface area contributed by atoms with E-state index in [1.54, 1.807) is 18.2 Å². The van der Waals surface area contributed by atoms with Gasteiger partial charge >= 0.3 is 5.97 Å². The molecule has 1 aromatic rings. The van der Waals surface area contributed by atoms with Gasteiger partial charge in [0.05, 0.1) is 6.61 Å². The predicted molar refractivity (Wildman–Crippen MR) is 112 cm³/mol. The van der Waals surface area contributed by atoms with Crippen molar-refractivity contribution in [1.82, 2.24) is 0 Å². The van der Waals surface area contributed by atoms with E-state index in [-0.39, 0.29) is 43.7 Å². The Kier molecular flexibility index (Phi) is 10.7. The maximum absolute atomic E-state index is 12.8. The summed E-state index contributed by atoms with van der Waals surface area (Å²) in [7, 11) is 0. The minimum Gasteiger partial charge on any atom is -0.467 e. The molecule has 1 aliphatic rings. The molecule has 0 bridgehead atoms. The zero-order chi connectivity index (χ0) is 21.6. The summed E-state index contributed by atoms with van der Waals surface area (Å²) in [6.45, 7) is 4.91. The number of carbonyl (C=O) groups excluding carboxylic acids is 2. The Morgan fingerprint density at radius 2 is 1.60 bits per heavy atom. The number of hydrogen-bond acceptors (Lipinski definition) is 7. The Morgan fingerprint density at radius 3 is 2.37 bits per heavy atom. The van der Waals surface area contributed by atoms with Crippen LogP contribution in [-0.4, -0.2) is 45.2 Å². The highest BCUT2D eigenvalue weighted by Crippen LogP contribution is 2.31. The number of esters is 1. The van der Waals surface area contributed by atoms with Crippen LogP contribution in [0.25, 0.3) is 0 Å². The van der Waals surface area contributed by atoms with Gasteiger partial charge in [0.15, 0.2) is 19.4 Å². The maximum Gasteiger partial charge on any atom is 0.342 e. The van der Waals surface area contributed by atoms with Crippen LogP contribution in [-0.2, 0) is 25.4 Å². The lowest BCUT2D eigenvalue weighted by molar-refractivity contribution is -0.114. The molecule has 0 amide bonds. The number of cyclic esters (lactones) is 1. The second-order valence-corrected chi connectivity index (χ2v) is 6.48. The first-order valence-electron chi connectivity index (χ1n) is 10.2. The van der Waals surface area contributed by atoms with Gasteiger partial charge in [-0.1, -0.05) is 18.2 Å². The van der Waals surface area contributed by atoms with Gasteiger partial charge in [-0.25, -0.2) is 4.79 Å². The Bertz CT molecular complexity index is 752. The van der Waals surface area contributed by atoms with Crippen molar-refractivity contribution >= 4 is 11.8 Å². The van der Waals surface area contributed by atoms with E-state index in [4.69, 9.17) is 23.7 Å². The largest absolute Gasteiger partial charge is 0.467 e. The highest BCUT2D eigenvalue weighted by molar-refractivity contribution is 5.98. The molecular weight excluding hydrogens is 388 g/mol. The van der Waals surface area contributed by atoms with Crippen LogP contribution < -0.4 is 9.47 Å². The van der Waals surface area contributed by atoms with Gasteiger partial charge in [0.1, 0.15) is 17.1 Å². The summed E-state index contributed by atoms with van der Waals surface area (Å²) in [5.74, 6) is 0.0112. The molecule has 7 nitrogen and oxygen atoms in total. The lowest BCUT2D eigenvalue weighted by Gasteiger charge is -2.17. The molecule has 0 unspecified atom stereocenters. The Hall–Kier alpha value is -2.64. The van der Waals surface area contributed by atoms with E-state index >= 15 is 0 Å². The molecule has 1 aromatic carbocycles. The molecule has 0 saturated carbocycles. The van der Waals surface area contributed by atoms with Crippen LogP contribution >= 0.6 is 0 Å². The van der Waals surface area contributed by atoms with Crippen LogP contribution in [0.4, 0.5) is 0 Å². The van der Waals surface area contributed by atoms with Crippen LogP contribution in [0.1, 0.15) is 49.0 Å². The van der Waals surface area contributed by atoms with E-state index in [0.29, 0.717) is 30.9 Å². The molecule has 0 aliphatic carbocycles. The van der Waals surface area contributed by atoms with Crippen molar-refractivity contribution in [3.05, 3.63) is 47.6 Å². The Morgan fingerprint density at radius 1 is 0.900 bits per heavy atom. The molecule has 0 atom stereocenters. The quantitative estimate of drug-likeness (QED) is 0.273. The van der Waals surface area contributed by atoms with Crippen molar-refractivity contribution in [3.8, 4) is 11.5 Å². The average Bonchev–Trinajstić information content (AvgIpc) is 2.72. The standard InChI is InChI=1S/C23H30O7/c1-3-26-16-29-20-14-18-13-19(24)11-9-7-5-6-8-10-12-28-23(25)22(18)21(15-20)30-17-27-4-2/h6,8-9,11,14-15H,3-5,7,10,12-13,16-17H2,1-2H3/b8-6+,11-9+. The highest BCUT2D eigenvalue weighted by atomic mass is 16.7. The van der Waals surface area contributed by atoms with Gasteiger partial charge in [-0.15, -0.1) is 0 Å². The van der Waals surface area contributed by atoms with E-state index in [0.717, 1.165) is 12.8 Å². The first-order chi connectivity index (χ1) is 14.7. The zero-order valence-electron chi connectivity index (χ0n) is 17.7. The number of carbonyl (C=O) groups is 2. The number of hydrogen-bond donors (Lipinski definition) is 0. The van der Waals surface area contributed by atoms with Crippen molar-refractivity contribution in [2.45, 2.75) is 39.5 Å². The molecule has 7 heteroatoms. The minimum atomic E-state index is -0.546. The summed E-state index contributed by atoms with van der Waals surface area (Å²) < 4.78 is 27.2. The van der Waals surface area contributed by atoms with Crippen molar-refractivity contribution in [2.75, 3.05) is 33.4 Å². The van der Waals surface area contributed by atoms with E-state index < -0.39 is 5.97 Å². The third kappa shape index (κ3) is 8.00. The molecule has 164 valence electrons. The molecule has 0 aromatic heterocycles. The Balaban J connectivity index is 2.41. The van der Waals surface area contributed by atoms with Gasteiger partial charge in [0.25, 0.3) is 0 Å². The summed E-state index contributed by atoms with van der Waals surface area (Å²) in [5.41, 5.74) is 0.684. The van der Waals surface area contributed by atoms with Crippen molar-refractivity contribution in [1.29, 1.82) is 0 Å². The second kappa shape index (κ2) is 13.6. The fourth-order valence-electron chi connectivity index (χ4n) is 2.78. The molecule has 30 heavy (non-hydrogen) atoms. The maximum atomic E-state index is 12.8. The van der Waals surface area contributed by atoms with E-state index in [1.165, 1.54) is 0 Å². The molecule has 0 N–H and O–H groups in total. The third-order valence-corrected chi connectivity index (χ3v) is 4.23. The fraction of sp³-hybridized carbons (Fsp3) is 0.478. The monoisotopic (exact) mass is 418 g/mol. The molecular formula is C23H30O7. The SMILES string of the molecule is CCOCOc1cc2c(c(OCOCC)c1)C(=O)OCC/C=C/CC/C=C/C(=O)C2. The lowest BCUT2D eigenvalue weighted by Crippen LogP contribution is -2.15. The number of ether oxygens (including phenoxy) is 5. The summed E-state index contributed by atoms with van der Waals surface area (Å²) in [6.07, 6.45) is 9.62. The first kappa shape index (κ1) is 23.6. The van der Waals surface area contributed by atoms with Crippen LogP contribution in [0.3, 0.4) is 0 Å². The number of fused-ring (bicyclic) bond motifs is 1. The summed E-state index contributed by atoms with van der Waals surface area (Å²) in [6, 6.07) is 3.24. The highest BCUT2D eigenvalue weighted by Gasteiger charge is 2.23. The topological polar surface area (TPSA) is 80.3 Å².